The number of amides is 1. The molecule has 1 aliphatic carbocycles. The van der Waals surface area contributed by atoms with Crippen molar-refractivity contribution in [2.75, 3.05) is 14.2 Å². The van der Waals surface area contributed by atoms with Crippen LogP contribution in [-0.4, -0.2) is 42.1 Å². The summed E-state index contributed by atoms with van der Waals surface area (Å²) in [5.74, 6) is 0.161. The Balaban J connectivity index is 1.62. The summed E-state index contributed by atoms with van der Waals surface area (Å²) >= 11 is 1.08. The van der Waals surface area contributed by atoms with Gasteiger partial charge in [-0.15, -0.1) is 11.3 Å². The van der Waals surface area contributed by atoms with Gasteiger partial charge in [-0.1, -0.05) is 12.1 Å². The van der Waals surface area contributed by atoms with Gasteiger partial charge in [-0.2, -0.15) is 0 Å². The second kappa shape index (κ2) is 6.65. The molecule has 1 aromatic heterocycles. The lowest BCUT2D eigenvalue weighted by atomic mass is 9.75. The molecule has 3 rings (SSSR count). The van der Waals surface area contributed by atoms with E-state index in [1.807, 2.05) is 18.2 Å². The first kappa shape index (κ1) is 16.5. The average molecular weight is 345 g/mol. The van der Waals surface area contributed by atoms with Crippen LogP contribution in [-0.2, 0) is 0 Å². The van der Waals surface area contributed by atoms with Gasteiger partial charge < -0.3 is 14.7 Å². The summed E-state index contributed by atoms with van der Waals surface area (Å²) in [4.78, 5) is 25.3. The highest BCUT2D eigenvalue weighted by Gasteiger charge is 2.35. The minimum Gasteiger partial charge on any atom is -0.497 e. The minimum atomic E-state index is -0.997. The number of carboxylic acid groups (broad SMARTS) is 1. The van der Waals surface area contributed by atoms with E-state index in [9.17, 15) is 9.59 Å². The zero-order chi connectivity index (χ0) is 17.3. The van der Waals surface area contributed by atoms with Gasteiger partial charge in [0.25, 0.3) is 5.91 Å². The van der Waals surface area contributed by atoms with Crippen molar-refractivity contribution in [1.82, 2.24) is 4.90 Å². The summed E-state index contributed by atoms with van der Waals surface area (Å²) in [6, 6.07) is 9.66. The maximum atomic E-state index is 12.5. The first-order chi connectivity index (χ1) is 11.5. The highest BCUT2D eigenvalue weighted by Crippen LogP contribution is 2.40. The van der Waals surface area contributed by atoms with E-state index in [4.69, 9.17) is 9.84 Å². The van der Waals surface area contributed by atoms with Crippen LogP contribution in [0.25, 0.3) is 0 Å². The molecule has 1 fully saturated rings. The van der Waals surface area contributed by atoms with E-state index in [-0.39, 0.29) is 16.8 Å². The van der Waals surface area contributed by atoms with Crippen molar-refractivity contribution in [3.8, 4) is 5.75 Å². The highest BCUT2D eigenvalue weighted by atomic mass is 32.1. The molecule has 1 heterocycles. The molecule has 0 bridgehead atoms. The van der Waals surface area contributed by atoms with Crippen molar-refractivity contribution >= 4 is 23.2 Å². The first-order valence-electron chi connectivity index (χ1n) is 7.72. The molecule has 2 aromatic rings. The number of ether oxygens (including phenoxy) is 1. The molecule has 0 atom stereocenters. The smallest absolute Gasteiger partial charge is 0.345 e. The fourth-order valence-electron chi connectivity index (χ4n) is 3.00. The monoisotopic (exact) mass is 345 g/mol. The molecule has 0 unspecified atom stereocenters. The molecule has 0 spiro atoms. The molecular formula is C18H19NO4S. The number of aromatic carboxylic acids is 1. The maximum Gasteiger partial charge on any atom is 0.345 e. The zero-order valence-electron chi connectivity index (χ0n) is 13.6. The van der Waals surface area contributed by atoms with Gasteiger partial charge in [-0.05, 0) is 42.5 Å². The number of carbonyl (C=O) groups excluding carboxylic acids is 1. The van der Waals surface area contributed by atoms with Gasteiger partial charge in [0.1, 0.15) is 10.6 Å². The van der Waals surface area contributed by atoms with Gasteiger partial charge in [0, 0.05) is 18.5 Å². The van der Waals surface area contributed by atoms with Crippen molar-refractivity contribution in [3.63, 3.8) is 0 Å². The Hall–Kier alpha value is -2.34. The summed E-state index contributed by atoms with van der Waals surface area (Å²) < 4.78 is 5.25. The van der Waals surface area contributed by atoms with E-state index < -0.39 is 5.97 Å². The third-order valence-corrected chi connectivity index (χ3v) is 5.52. The first-order valence-corrected chi connectivity index (χ1v) is 8.60. The molecule has 1 amide bonds. The lowest BCUT2D eigenvalue weighted by Crippen LogP contribution is -2.44. The Labute approximate surface area is 144 Å². The van der Waals surface area contributed by atoms with Crippen molar-refractivity contribution in [1.29, 1.82) is 0 Å². The number of methoxy groups -OCH3 is 1. The Morgan fingerprint density at radius 2 is 2.04 bits per heavy atom. The number of benzene rings is 1. The van der Waals surface area contributed by atoms with E-state index in [1.54, 1.807) is 24.4 Å². The van der Waals surface area contributed by atoms with Crippen molar-refractivity contribution < 1.29 is 19.4 Å². The van der Waals surface area contributed by atoms with Crippen LogP contribution in [0, 0.1) is 0 Å². The Bertz CT molecular complexity index is 764. The summed E-state index contributed by atoms with van der Waals surface area (Å²) in [6.07, 6.45) is 1.82. The molecular weight excluding hydrogens is 326 g/mol. The van der Waals surface area contributed by atoms with E-state index in [0.29, 0.717) is 11.5 Å². The van der Waals surface area contributed by atoms with E-state index in [1.165, 1.54) is 11.6 Å². The van der Waals surface area contributed by atoms with Crippen molar-refractivity contribution in [2.24, 2.45) is 0 Å². The topological polar surface area (TPSA) is 66.8 Å². The van der Waals surface area contributed by atoms with Crippen LogP contribution >= 0.6 is 11.3 Å². The van der Waals surface area contributed by atoms with Crippen LogP contribution in [0.2, 0.25) is 0 Å². The molecule has 1 aromatic carbocycles. The SMILES string of the molecule is COc1cccc(C2CC(N(C)C(=O)c3csc(C(=O)O)c3)C2)c1. The normalized spacial score (nSPS) is 19.4. The minimum absolute atomic E-state index is 0.118. The lowest BCUT2D eigenvalue weighted by Gasteiger charge is -2.41. The number of carbonyl (C=O) groups is 2. The van der Waals surface area contributed by atoms with Gasteiger partial charge in [-0.3, -0.25) is 4.79 Å². The standard InChI is InChI=1S/C18H19NO4S/c1-19(17(20)13-9-16(18(21)22)24-10-13)14-6-12(7-14)11-4-3-5-15(8-11)23-2/h3-5,8-10,12,14H,6-7H2,1-2H3,(H,21,22). The van der Waals surface area contributed by atoms with Gasteiger partial charge in [0.2, 0.25) is 0 Å². The molecule has 0 radical (unpaired) electrons. The van der Waals surface area contributed by atoms with E-state index in [0.717, 1.165) is 29.9 Å². The number of rotatable bonds is 5. The molecule has 5 nitrogen and oxygen atoms in total. The molecule has 6 heteroatoms. The predicted octanol–water partition coefficient (Wildman–Crippen LogP) is 3.47. The van der Waals surface area contributed by atoms with Gasteiger partial charge in [0.15, 0.2) is 0 Å². The summed E-state index contributed by atoms with van der Waals surface area (Å²) in [6.45, 7) is 0. The second-order valence-corrected chi connectivity index (χ2v) is 6.93. The van der Waals surface area contributed by atoms with Crippen molar-refractivity contribution in [2.45, 2.75) is 24.8 Å². The molecule has 1 aliphatic rings. The van der Waals surface area contributed by atoms with Crippen LogP contribution in [0.3, 0.4) is 0 Å². The van der Waals surface area contributed by atoms with Crippen molar-refractivity contribution in [3.05, 3.63) is 51.7 Å². The summed E-state index contributed by atoms with van der Waals surface area (Å²) in [7, 11) is 3.44. The largest absolute Gasteiger partial charge is 0.497 e. The van der Waals surface area contributed by atoms with Gasteiger partial charge in [-0.25, -0.2) is 4.79 Å². The molecule has 24 heavy (non-hydrogen) atoms. The number of nitrogens with zero attached hydrogens (tertiary/aromatic N) is 1. The third-order valence-electron chi connectivity index (χ3n) is 4.60. The predicted molar refractivity (Wildman–Crippen MR) is 92.1 cm³/mol. The Morgan fingerprint density at radius 1 is 1.29 bits per heavy atom. The number of carboxylic acids is 1. The zero-order valence-corrected chi connectivity index (χ0v) is 14.4. The number of hydrogen-bond acceptors (Lipinski definition) is 4. The van der Waals surface area contributed by atoms with Gasteiger partial charge >= 0.3 is 5.97 Å². The highest BCUT2D eigenvalue weighted by molar-refractivity contribution is 7.12. The van der Waals surface area contributed by atoms with Crippen LogP contribution in [0.15, 0.2) is 35.7 Å². The van der Waals surface area contributed by atoms with E-state index in [2.05, 4.69) is 6.07 Å². The summed E-state index contributed by atoms with van der Waals surface area (Å²) in [5, 5.41) is 10.6. The van der Waals surface area contributed by atoms with Crippen LogP contribution in [0.5, 0.6) is 5.75 Å². The Kier molecular flexibility index (Phi) is 4.57. The van der Waals surface area contributed by atoms with Crippen LogP contribution in [0.1, 0.15) is 44.4 Å². The third kappa shape index (κ3) is 3.14. The van der Waals surface area contributed by atoms with Crippen LogP contribution < -0.4 is 4.74 Å². The maximum absolute atomic E-state index is 12.5. The Morgan fingerprint density at radius 3 is 2.67 bits per heavy atom. The fourth-order valence-corrected chi connectivity index (χ4v) is 3.72. The van der Waals surface area contributed by atoms with E-state index >= 15 is 0 Å². The van der Waals surface area contributed by atoms with Crippen LogP contribution in [0.4, 0.5) is 0 Å². The summed E-state index contributed by atoms with van der Waals surface area (Å²) in [5.41, 5.74) is 1.68. The average Bonchev–Trinajstić information content (AvgIpc) is 3.03. The number of thiophene rings is 1. The molecule has 1 saturated carbocycles. The second-order valence-electron chi connectivity index (χ2n) is 6.02. The molecule has 126 valence electrons. The molecule has 1 N–H and O–H groups in total. The lowest BCUT2D eigenvalue weighted by molar-refractivity contribution is 0.0621. The fraction of sp³-hybridized carbons (Fsp3) is 0.333. The quantitative estimate of drug-likeness (QED) is 0.901. The van der Waals surface area contributed by atoms with Gasteiger partial charge in [0.05, 0.1) is 12.7 Å². The number of hydrogen-bond donors (Lipinski definition) is 1. The molecule has 0 aliphatic heterocycles. The molecule has 0 saturated heterocycles.